The van der Waals surface area contributed by atoms with E-state index in [0.29, 0.717) is 0 Å². The van der Waals surface area contributed by atoms with Gasteiger partial charge in [-0.15, -0.1) is 0 Å². The van der Waals surface area contributed by atoms with Crippen LogP contribution in [-0.4, -0.2) is 27.8 Å². The van der Waals surface area contributed by atoms with E-state index in [9.17, 15) is 5.11 Å². The van der Waals surface area contributed by atoms with Crippen LogP contribution in [0.25, 0.3) is 0 Å². The molecule has 1 saturated heterocycles. The number of aliphatic hydroxyl groups is 1. The van der Waals surface area contributed by atoms with Crippen molar-refractivity contribution in [3.8, 4) is 0 Å². The van der Waals surface area contributed by atoms with Crippen LogP contribution in [0.5, 0.6) is 0 Å². The number of hydrogen-bond donors (Lipinski definition) is 2. The first-order valence-corrected chi connectivity index (χ1v) is 5.41. The van der Waals surface area contributed by atoms with Crippen LogP contribution in [0.1, 0.15) is 25.7 Å². The van der Waals surface area contributed by atoms with Gasteiger partial charge in [-0.2, -0.15) is 11.8 Å². The molecule has 3 N–H and O–H groups in total. The highest BCUT2D eigenvalue weighted by Gasteiger charge is 2.55. The quantitative estimate of drug-likeness (QED) is 0.614. The van der Waals surface area contributed by atoms with Crippen molar-refractivity contribution in [3.63, 3.8) is 0 Å². The van der Waals surface area contributed by atoms with Crippen molar-refractivity contribution < 1.29 is 5.11 Å². The van der Waals surface area contributed by atoms with Crippen LogP contribution >= 0.6 is 11.8 Å². The predicted molar refractivity (Wildman–Crippen MR) is 47.7 cm³/mol. The van der Waals surface area contributed by atoms with E-state index < -0.39 is 5.60 Å². The second-order valence-corrected chi connectivity index (χ2v) is 5.02. The molecule has 3 heteroatoms. The fourth-order valence-corrected chi connectivity index (χ4v) is 2.98. The molecule has 0 atom stereocenters. The number of nitrogens with two attached hydrogens (primary N) is 1. The smallest absolute Gasteiger partial charge is 0.0842 e. The molecule has 64 valence electrons. The van der Waals surface area contributed by atoms with Gasteiger partial charge in [0.25, 0.3) is 0 Å². The number of hydrogen-bond acceptors (Lipinski definition) is 3. The molecule has 1 aliphatic carbocycles. The highest BCUT2D eigenvalue weighted by molar-refractivity contribution is 7.99. The van der Waals surface area contributed by atoms with Crippen molar-refractivity contribution in [2.45, 2.75) is 36.8 Å². The van der Waals surface area contributed by atoms with Gasteiger partial charge in [0, 0.05) is 5.54 Å². The van der Waals surface area contributed by atoms with Crippen molar-refractivity contribution in [2.75, 3.05) is 11.5 Å². The van der Waals surface area contributed by atoms with Crippen LogP contribution < -0.4 is 5.73 Å². The van der Waals surface area contributed by atoms with Gasteiger partial charge in [0.1, 0.15) is 0 Å². The van der Waals surface area contributed by atoms with E-state index in [1.807, 2.05) is 11.8 Å². The maximum atomic E-state index is 10.1. The Kier molecular flexibility index (Phi) is 1.71. The van der Waals surface area contributed by atoms with Crippen molar-refractivity contribution >= 4 is 11.8 Å². The molecule has 1 heterocycles. The maximum absolute atomic E-state index is 10.1. The molecular formula is C8H15NOS. The summed E-state index contributed by atoms with van der Waals surface area (Å²) in [5.41, 5.74) is 5.28. The predicted octanol–water partition coefficient (Wildman–Crippen LogP) is 0.736. The molecule has 1 saturated carbocycles. The van der Waals surface area contributed by atoms with Gasteiger partial charge in [-0.3, -0.25) is 0 Å². The molecule has 2 aliphatic rings. The third kappa shape index (κ3) is 1.19. The molecule has 0 amide bonds. The van der Waals surface area contributed by atoms with Crippen molar-refractivity contribution in [1.82, 2.24) is 0 Å². The van der Waals surface area contributed by atoms with Crippen LogP contribution in [0.4, 0.5) is 0 Å². The molecule has 0 aromatic carbocycles. The molecule has 1 aliphatic heterocycles. The molecular weight excluding hydrogens is 158 g/mol. The zero-order chi connectivity index (χ0) is 7.95. The normalized spacial score (nSPS) is 33.3. The fourth-order valence-electron chi connectivity index (χ4n) is 1.81. The van der Waals surface area contributed by atoms with E-state index in [1.54, 1.807) is 0 Å². The van der Waals surface area contributed by atoms with E-state index in [-0.39, 0.29) is 5.54 Å². The molecule has 2 nitrogen and oxygen atoms in total. The Balaban J connectivity index is 2.07. The largest absolute Gasteiger partial charge is 0.388 e. The van der Waals surface area contributed by atoms with E-state index in [1.165, 1.54) is 0 Å². The molecule has 2 fully saturated rings. The lowest BCUT2D eigenvalue weighted by molar-refractivity contribution is -0.00377. The van der Waals surface area contributed by atoms with Gasteiger partial charge in [0.2, 0.25) is 0 Å². The van der Waals surface area contributed by atoms with Gasteiger partial charge >= 0.3 is 0 Å². The summed E-state index contributed by atoms with van der Waals surface area (Å²) >= 11 is 1.93. The molecule has 11 heavy (non-hydrogen) atoms. The molecule has 2 rings (SSSR count). The minimum Gasteiger partial charge on any atom is -0.388 e. The van der Waals surface area contributed by atoms with Gasteiger partial charge in [0.05, 0.1) is 5.60 Å². The number of thioether (sulfide) groups is 1. The molecule has 0 radical (unpaired) electrons. The summed E-state index contributed by atoms with van der Waals surface area (Å²) in [4.78, 5) is 0. The molecule has 0 unspecified atom stereocenters. The van der Waals surface area contributed by atoms with Crippen LogP contribution in [0.2, 0.25) is 0 Å². The summed E-state index contributed by atoms with van der Waals surface area (Å²) in [6.45, 7) is 0. The summed E-state index contributed by atoms with van der Waals surface area (Å²) < 4.78 is 0. The standard InChI is InChI=1S/C8H15NOS/c9-7(1-2-7)8(10)3-5-11-6-4-8/h10H,1-6,9H2. The zero-order valence-corrected chi connectivity index (χ0v) is 7.49. The first kappa shape index (κ1) is 7.90. The van der Waals surface area contributed by atoms with E-state index in [4.69, 9.17) is 5.73 Å². The monoisotopic (exact) mass is 173 g/mol. The Labute approximate surface area is 71.5 Å². The van der Waals surface area contributed by atoms with Crippen molar-refractivity contribution in [3.05, 3.63) is 0 Å². The lowest BCUT2D eigenvalue weighted by Crippen LogP contribution is -2.52. The summed E-state index contributed by atoms with van der Waals surface area (Å²) in [5, 5.41) is 10.1. The number of rotatable bonds is 1. The Bertz CT molecular complexity index is 161. The SMILES string of the molecule is NC1(C2(O)CCSCC2)CC1. The summed E-state index contributed by atoms with van der Waals surface area (Å²) in [5.74, 6) is 2.16. The maximum Gasteiger partial charge on any atom is 0.0842 e. The van der Waals surface area contributed by atoms with Gasteiger partial charge < -0.3 is 10.8 Å². The molecule has 0 aromatic rings. The Morgan fingerprint density at radius 1 is 1.09 bits per heavy atom. The Morgan fingerprint density at radius 2 is 1.64 bits per heavy atom. The minimum absolute atomic E-state index is 0.200. The summed E-state index contributed by atoms with van der Waals surface area (Å²) in [6.07, 6.45) is 3.84. The summed E-state index contributed by atoms with van der Waals surface area (Å²) in [6, 6.07) is 0. The molecule has 0 aromatic heterocycles. The van der Waals surface area contributed by atoms with Gasteiger partial charge in [-0.1, -0.05) is 0 Å². The Hall–Kier alpha value is 0.270. The van der Waals surface area contributed by atoms with Crippen LogP contribution in [0.15, 0.2) is 0 Å². The second kappa shape index (κ2) is 2.38. The topological polar surface area (TPSA) is 46.2 Å². The first-order valence-electron chi connectivity index (χ1n) is 4.25. The van der Waals surface area contributed by atoms with E-state index in [0.717, 1.165) is 37.2 Å². The van der Waals surface area contributed by atoms with Crippen LogP contribution in [0, 0.1) is 0 Å². The van der Waals surface area contributed by atoms with E-state index in [2.05, 4.69) is 0 Å². The molecule has 0 spiro atoms. The second-order valence-electron chi connectivity index (χ2n) is 3.80. The average molecular weight is 173 g/mol. The van der Waals surface area contributed by atoms with Crippen molar-refractivity contribution in [2.24, 2.45) is 5.73 Å². The third-order valence-corrected chi connectivity index (χ3v) is 4.02. The van der Waals surface area contributed by atoms with Crippen LogP contribution in [0.3, 0.4) is 0 Å². The van der Waals surface area contributed by atoms with Gasteiger partial charge in [-0.05, 0) is 37.2 Å². The average Bonchev–Trinajstić information content (AvgIpc) is 2.71. The minimum atomic E-state index is -0.516. The first-order chi connectivity index (χ1) is 5.16. The summed E-state index contributed by atoms with van der Waals surface area (Å²) in [7, 11) is 0. The lowest BCUT2D eigenvalue weighted by Gasteiger charge is -2.37. The Morgan fingerprint density at radius 3 is 2.09 bits per heavy atom. The van der Waals surface area contributed by atoms with Crippen LogP contribution in [-0.2, 0) is 0 Å². The lowest BCUT2D eigenvalue weighted by atomic mass is 9.86. The fraction of sp³-hybridized carbons (Fsp3) is 1.00. The highest BCUT2D eigenvalue weighted by Crippen LogP contribution is 2.48. The third-order valence-electron chi connectivity index (χ3n) is 3.04. The van der Waals surface area contributed by atoms with Gasteiger partial charge in [0.15, 0.2) is 0 Å². The zero-order valence-electron chi connectivity index (χ0n) is 6.68. The van der Waals surface area contributed by atoms with Gasteiger partial charge in [-0.25, -0.2) is 0 Å². The van der Waals surface area contributed by atoms with E-state index >= 15 is 0 Å². The van der Waals surface area contributed by atoms with Crippen molar-refractivity contribution in [1.29, 1.82) is 0 Å². The highest BCUT2D eigenvalue weighted by atomic mass is 32.2. The molecule has 0 bridgehead atoms.